The lowest BCUT2D eigenvalue weighted by Gasteiger charge is -2.37. The first-order chi connectivity index (χ1) is 36.2. The molecule has 0 N–H and O–H groups in total. The van der Waals surface area contributed by atoms with Crippen LogP contribution in [0, 0.1) is 0 Å². The molecule has 3 aromatic carbocycles. The van der Waals surface area contributed by atoms with E-state index in [2.05, 4.69) is 200 Å². The second-order valence-corrected chi connectivity index (χ2v) is 32.6. The SMILES string of the molecule is CCCCCCCCCCCCCOP(OCCCCCCCCCCCCC)Oc1cc(C(C)(C)C)c(C(CC(C)c2cc(C(C)(C)C)c(P)cc2C(C)(C)C)c2cc(C(C)(C)C)c(P)cc2C(C)(C)C)cc1C(C)(C)C. The van der Waals surface area contributed by atoms with E-state index in [-0.39, 0.29) is 44.3 Å². The summed E-state index contributed by atoms with van der Waals surface area (Å²) >= 11 is 0. The van der Waals surface area contributed by atoms with Gasteiger partial charge < -0.3 is 13.6 Å². The molecule has 4 atom stereocenters. The van der Waals surface area contributed by atoms with E-state index >= 15 is 0 Å². The minimum absolute atomic E-state index is 0.0145. The predicted octanol–water partition coefficient (Wildman–Crippen LogP) is 23.1. The van der Waals surface area contributed by atoms with E-state index < -0.39 is 8.60 Å². The van der Waals surface area contributed by atoms with E-state index in [9.17, 15) is 0 Å². The summed E-state index contributed by atoms with van der Waals surface area (Å²) in [4.78, 5) is 0. The van der Waals surface area contributed by atoms with Crippen LogP contribution in [-0.4, -0.2) is 13.2 Å². The normalized spacial score (nSPS) is 13.9. The van der Waals surface area contributed by atoms with Crippen molar-refractivity contribution in [3.63, 3.8) is 0 Å². The highest BCUT2D eigenvalue weighted by Gasteiger charge is 2.36. The second kappa shape index (κ2) is 32.7. The third-order valence-electron chi connectivity index (χ3n) is 16.4. The van der Waals surface area contributed by atoms with Crippen LogP contribution in [0.3, 0.4) is 0 Å². The van der Waals surface area contributed by atoms with Gasteiger partial charge in [-0.25, -0.2) is 0 Å². The number of benzene rings is 3. The van der Waals surface area contributed by atoms with Crippen LogP contribution >= 0.6 is 27.1 Å². The third kappa shape index (κ3) is 23.7. The molecule has 4 unspecified atom stereocenters. The second-order valence-electron chi connectivity index (χ2n) is 30.2. The van der Waals surface area contributed by atoms with Crippen molar-refractivity contribution in [2.75, 3.05) is 13.2 Å². The smallest absolute Gasteiger partial charge is 0.397 e. The predicted molar refractivity (Wildman–Crippen MR) is 357 cm³/mol. The van der Waals surface area contributed by atoms with E-state index in [0.29, 0.717) is 13.2 Å². The topological polar surface area (TPSA) is 27.7 Å². The highest BCUT2D eigenvalue weighted by atomic mass is 31.2. The maximum Gasteiger partial charge on any atom is 0.397 e. The highest BCUT2D eigenvalue weighted by molar-refractivity contribution is 7.42. The molecule has 6 heteroatoms. The standard InChI is InChI=1S/C72H125O3P3/c1-22-24-26-28-30-32-34-36-38-40-42-44-73-78(74-45-43-41-39-37-35-33-31-29-27-25-23-2)75-64-50-58(67(4,5)6)56(48-61(64)70(13,14)15)55(57-49-63(72(19,20)21)66(77)52-60(57)69(10,11)12)46-53(3)54-47-62(71(16,17)18)65(76)51-59(54)68(7,8)9/h47-53,55H,22-46,76-77H2,1-21H3. The molecule has 3 aromatic rings. The van der Waals surface area contributed by atoms with Crippen LogP contribution < -0.4 is 15.1 Å². The molecule has 3 rings (SSSR count). The molecule has 78 heavy (non-hydrogen) atoms. The minimum atomic E-state index is -1.61. The molecule has 0 amide bonds. The molecule has 0 saturated heterocycles. The van der Waals surface area contributed by atoms with Crippen molar-refractivity contribution in [1.29, 1.82) is 0 Å². The first kappa shape index (κ1) is 70.9. The van der Waals surface area contributed by atoms with Crippen LogP contribution in [0.5, 0.6) is 5.75 Å². The average Bonchev–Trinajstić information content (AvgIpc) is 3.31. The van der Waals surface area contributed by atoms with E-state index in [1.807, 2.05) is 0 Å². The average molecular weight is 1130 g/mol. The maximum atomic E-state index is 7.28. The summed E-state index contributed by atoms with van der Waals surface area (Å²) in [6.45, 7) is 51.4. The first-order valence-corrected chi connectivity index (χ1v) is 34.3. The van der Waals surface area contributed by atoms with Crippen molar-refractivity contribution in [3.05, 3.63) is 86.5 Å². The van der Waals surface area contributed by atoms with Crippen LogP contribution in [-0.2, 0) is 41.5 Å². The molecule has 0 aliphatic rings. The van der Waals surface area contributed by atoms with Gasteiger partial charge in [0, 0.05) is 11.5 Å². The molecule has 0 aromatic heterocycles. The first-order valence-electron chi connectivity index (χ1n) is 32.0. The van der Waals surface area contributed by atoms with Gasteiger partial charge in [-0.05, 0) is 119 Å². The van der Waals surface area contributed by atoms with Crippen molar-refractivity contribution in [2.24, 2.45) is 0 Å². The summed E-state index contributed by atoms with van der Waals surface area (Å²) < 4.78 is 20.8. The Hall–Kier alpha value is -1.33. The zero-order valence-corrected chi connectivity index (χ0v) is 58.3. The summed E-state index contributed by atoms with van der Waals surface area (Å²) in [6, 6.07) is 15.2. The van der Waals surface area contributed by atoms with Gasteiger partial charge in [-0.3, -0.25) is 0 Å². The van der Waals surface area contributed by atoms with Gasteiger partial charge in [0.15, 0.2) is 0 Å². The van der Waals surface area contributed by atoms with Gasteiger partial charge in [-0.1, -0.05) is 304 Å². The minimum Gasteiger partial charge on any atom is -0.426 e. The summed E-state index contributed by atoms with van der Waals surface area (Å²) in [5, 5.41) is 2.61. The fourth-order valence-electron chi connectivity index (χ4n) is 11.6. The van der Waals surface area contributed by atoms with Crippen molar-refractivity contribution in [2.45, 2.75) is 337 Å². The molecule has 3 nitrogen and oxygen atoms in total. The van der Waals surface area contributed by atoms with Gasteiger partial charge in [0.2, 0.25) is 0 Å². The summed E-state index contributed by atoms with van der Waals surface area (Å²) in [7, 11) is 4.63. The Kier molecular flexibility index (Phi) is 29.7. The van der Waals surface area contributed by atoms with Crippen LogP contribution in [0.2, 0.25) is 0 Å². The van der Waals surface area contributed by atoms with Crippen LogP contribution in [0.15, 0.2) is 36.4 Å². The Labute approximate surface area is 491 Å². The third-order valence-corrected chi connectivity index (χ3v) is 18.5. The number of hydrogen-bond acceptors (Lipinski definition) is 3. The Morgan fingerprint density at radius 3 is 0.974 bits per heavy atom. The van der Waals surface area contributed by atoms with Gasteiger partial charge in [0.25, 0.3) is 0 Å². The molecule has 0 saturated carbocycles. The van der Waals surface area contributed by atoms with Crippen molar-refractivity contribution >= 4 is 37.7 Å². The maximum absolute atomic E-state index is 7.28. The lowest BCUT2D eigenvalue weighted by atomic mass is 9.68. The quantitative estimate of drug-likeness (QED) is 0.0449. The Balaban J connectivity index is 2.21. The lowest BCUT2D eigenvalue weighted by Crippen LogP contribution is -2.28. The monoisotopic (exact) mass is 1130 g/mol. The number of rotatable bonds is 33. The zero-order valence-electron chi connectivity index (χ0n) is 55.1. The molecule has 446 valence electrons. The van der Waals surface area contributed by atoms with Crippen molar-refractivity contribution in [3.8, 4) is 5.75 Å². The van der Waals surface area contributed by atoms with E-state index in [1.165, 1.54) is 189 Å². The zero-order chi connectivity index (χ0) is 58.7. The Morgan fingerprint density at radius 2 is 0.641 bits per heavy atom. The van der Waals surface area contributed by atoms with Gasteiger partial charge in [-0.15, -0.1) is 18.5 Å². The van der Waals surface area contributed by atoms with Crippen molar-refractivity contribution < 1.29 is 13.6 Å². The molecule has 0 fully saturated rings. The van der Waals surface area contributed by atoms with Crippen molar-refractivity contribution in [1.82, 2.24) is 0 Å². The highest BCUT2D eigenvalue weighted by Crippen LogP contribution is 2.51. The van der Waals surface area contributed by atoms with Crippen LogP contribution in [0.1, 0.15) is 355 Å². The molecular weight excluding hydrogens is 1010 g/mol. The van der Waals surface area contributed by atoms with Gasteiger partial charge in [0.05, 0.1) is 13.2 Å². The van der Waals surface area contributed by atoms with Gasteiger partial charge >= 0.3 is 8.60 Å². The Morgan fingerprint density at radius 1 is 0.359 bits per heavy atom. The largest absolute Gasteiger partial charge is 0.426 e. The summed E-state index contributed by atoms with van der Waals surface area (Å²) in [5.74, 6) is 1.28. The molecule has 0 aliphatic heterocycles. The van der Waals surface area contributed by atoms with Gasteiger partial charge in [0.1, 0.15) is 5.75 Å². The Bertz CT molecular complexity index is 2170. The summed E-state index contributed by atoms with van der Waals surface area (Å²) in [6.07, 6.45) is 29.8. The fourth-order valence-corrected chi connectivity index (χ4v) is 14.1. The lowest BCUT2D eigenvalue weighted by molar-refractivity contribution is 0.197. The van der Waals surface area contributed by atoms with E-state index in [0.717, 1.165) is 25.0 Å². The summed E-state index contributed by atoms with van der Waals surface area (Å²) in [5.41, 5.74) is 12.1. The molecular formula is C72H125O3P3. The molecule has 0 aliphatic carbocycles. The molecule has 0 radical (unpaired) electrons. The van der Waals surface area contributed by atoms with Crippen LogP contribution in [0.25, 0.3) is 0 Å². The molecule has 0 heterocycles. The fraction of sp³-hybridized carbons (Fsp3) is 0.750. The van der Waals surface area contributed by atoms with Gasteiger partial charge in [-0.2, -0.15) is 0 Å². The van der Waals surface area contributed by atoms with E-state index in [4.69, 9.17) is 13.6 Å². The number of hydrogen-bond donors (Lipinski definition) is 0. The molecule has 0 spiro atoms. The van der Waals surface area contributed by atoms with E-state index in [1.54, 1.807) is 0 Å². The van der Waals surface area contributed by atoms with Crippen LogP contribution in [0.4, 0.5) is 0 Å². The molecule has 0 bridgehead atoms. The number of unbranched alkanes of at least 4 members (excludes halogenated alkanes) is 20.